The molecule has 0 aromatic heterocycles. The van der Waals surface area contributed by atoms with Gasteiger partial charge in [-0.1, -0.05) is 20.8 Å². The van der Waals surface area contributed by atoms with Crippen LogP contribution in [0, 0.1) is 5.41 Å². The second-order valence-corrected chi connectivity index (χ2v) is 13.4. The maximum Gasteiger partial charge on any atom is 0.186 e. The molecule has 0 aliphatic carbocycles. The number of nitrogens with zero attached hydrogens (tertiary/aromatic N) is 3. The Bertz CT molecular complexity index is 329. The molecule has 0 aromatic rings. The molecule has 0 heterocycles. The lowest BCUT2D eigenvalue weighted by atomic mass is 9.75. The molecule has 0 spiro atoms. The standard InChI is InChI=1S/C22H51N3OSi/c1-10-23(5)18-14-22(15-19-24(6)11-2,16-20-25(7)12-3)17-21-27(8,9)26-13-4/h10-21H2,1-9H3. The predicted molar refractivity (Wildman–Crippen MR) is 124 cm³/mol. The number of hydrogen-bond donors (Lipinski definition) is 0. The molecule has 0 radical (unpaired) electrons. The van der Waals surface area contributed by atoms with Crippen LogP contribution in [0.25, 0.3) is 0 Å². The van der Waals surface area contributed by atoms with Gasteiger partial charge in [0, 0.05) is 6.61 Å². The van der Waals surface area contributed by atoms with Crippen LogP contribution >= 0.6 is 0 Å². The molecule has 0 unspecified atom stereocenters. The summed E-state index contributed by atoms with van der Waals surface area (Å²) in [6.45, 7) is 21.6. The van der Waals surface area contributed by atoms with E-state index in [-0.39, 0.29) is 0 Å². The van der Waals surface area contributed by atoms with Crippen molar-refractivity contribution in [1.29, 1.82) is 0 Å². The van der Waals surface area contributed by atoms with Gasteiger partial charge >= 0.3 is 0 Å². The van der Waals surface area contributed by atoms with Crippen LogP contribution in [0.5, 0.6) is 0 Å². The lowest BCUT2D eigenvalue weighted by Crippen LogP contribution is -2.38. The van der Waals surface area contributed by atoms with E-state index < -0.39 is 8.32 Å². The Morgan fingerprint density at radius 2 is 1.04 bits per heavy atom. The van der Waals surface area contributed by atoms with Gasteiger partial charge in [0.25, 0.3) is 0 Å². The van der Waals surface area contributed by atoms with Crippen molar-refractivity contribution in [1.82, 2.24) is 14.7 Å². The minimum atomic E-state index is -1.55. The van der Waals surface area contributed by atoms with Crippen LogP contribution in [0.2, 0.25) is 19.1 Å². The fourth-order valence-electron chi connectivity index (χ4n) is 3.54. The Kier molecular flexibility index (Phi) is 14.1. The summed E-state index contributed by atoms with van der Waals surface area (Å²) in [6, 6.07) is 1.28. The van der Waals surface area contributed by atoms with Crippen molar-refractivity contribution in [3.63, 3.8) is 0 Å². The Hall–Kier alpha value is 0.0569. The molecule has 0 aromatic carbocycles. The first kappa shape index (κ1) is 27.1. The summed E-state index contributed by atoms with van der Waals surface area (Å²) in [5.41, 5.74) is 0.428. The fraction of sp³-hybridized carbons (Fsp3) is 1.00. The van der Waals surface area contributed by atoms with Crippen LogP contribution in [-0.2, 0) is 4.43 Å². The number of hydrogen-bond acceptors (Lipinski definition) is 4. The smallest absolute Gasteiger partial charge is 0.186 e. The Balaban J connectivity index is 5.31. The lowest BCUT2D eigenvalue weighted by molar-refractivity contribution is 0.135. The summed E-state index contributed by atoms with van der Waals surface area (Å²) in [6.07, 6.45) is 5.24. The summed E-state index contributed by atoms with van der Waals surface area (Å²) in [5, 5.41) is 0. The van der Waals surface area contributed by atoms with E-state index in [1.165, 1.54) is 51.4 Å². The van der Waals surface area contributed by atoms with E-state index >= 15 is 0 Å². The van der Waals surface area contributed by atoms with E-state index in [2.05, 4.69) is 76.6 Å². The van der Waals surface area contributed by atoms with Crippen LogP contribution in [-0.4, -0.2) is 90.0 Å². The molecule has 164 valence electrons. The first-order chi connectivity index (χ1) is 12.6. The van der Waals surface area contributed by atoms with E-state index in [4.69, 9.17) is 4.43 Å². The van der Waals surface area contributed by atoms with Crippen LogP contribution in [0.15, 0.2) is 0 Å². The van der Waals surface area contributed by atoms with Crippen molar-refractivity contribution >= 4 is 8.32 Å². The van der Waals surface area contributed by atoms with Gasteiger partial charge in [-0.25, -0.2) is 0 Å². The second kappa shape index (κ2) is 14.1. The zero-order valence-electron chi connectivity index (χ0n) is 20.2. The summed E-state index contributed by atoms with van der Waals surface area (Å²) in [4.78, 5) is 7.44. The van der Waals surface area contributed by atoms with Gasteiger partial charge in [0.05, 0.1) is 0 Å². The van der Waals surface area contributed by atoms with Gasteiger partial charge in [-0.2, -0.15) is 0 Å². The fourth-order valence-corrected chi connectivity index (χ4v) is 5.60. The van der Waals surface area contributed by atoms with Gasteiger partial charge in [-0.3, -0.25) is 0 Å². The normalized spacial score (nSPS) is 13.3. The van der Waals surface area contributed by atoms with E-state index in [1.54, 1.807) is 0 Å². The van der Waals surface area contributed by atoms with E-state index in [0.717, 1.165) is 26.2 Å². The topological polar surface area (TPSA) is 19.0 Å². The van der Waals surface area contributed by atoms with Gasteiger partial charge < -0.3 is 19.1 Å². The molecule has 5 heteroatoms. The third-order valence-corrected chi connectivity index (χ3v) is 9.01. The monoisotopic (exact) mass is 401 g/mol. The Morgan fingerprint density at radius 1 is 0.667 bits per heavy atom. The van der Waals surface area contributed by atoms with Gasteiger partial charge in [-0.05, 0) is 118 Å². The average molecular weight is 402 g/mol. The number of rotatable bonds is 17. The van der Waals surface area contributed by atoms with E-state index in [1.807, 2.05) is 0 Å². The lowest BCUT2D eigenvalue weighted by Gasteiger charge is -2.39. The first-order valence-corrected chi connectivity index (χ1v) is 14.4. The molecule has 0 amide bonds. The van der Waals surface area contributed by atoms with Crippen molar-refractivity contribution in [2.75, 3.05) is 67.0 Å². The quantitative estimate of drug-likeness (QED) is 0.331. The zero-order chi connectivity index (χ0) is 20.9. The molecule has 27 heavy (non-hydrogen) atoms. The third-order valence-electron chi connectivity index (χ3n) is 6.48. The SMILES string of the molecule is CCO[Si](C)(C)CCC(CCN(C)CC)(CCN(C)CC)CCN(C)CC. The molecule has 4 nitrogen and oxygen atoms in total. The van der Waals surface area contributed by atoms with Crippen molar-refractivity contribution in [3.8, 4) is 0 Å². The van der Waals surface area contributed by atoms with E-state index in [9.17, 15) is 0 Å². The Morgan fingerprint density at radius 3 is 1.33 bits per heavy atom. The van der Waals surface area contributed by atoms with Crippen LogP contribution < -0.4 is 0 Å². The summed E-state index contributed by atoms with van der Waals surface area (Å²) in [5.74, 6) is 0. The highest BCUT2D eigenvalue weighted by Crippen LogP contribution is 2.39. The van der Waals surface area contributed by atoms with Crippen LogP contribution in [0.1, 0.15) is 53.4 Å². The van der Waals surface area contributed by atoms with Gasteiger partial charge in [0.15, 0.2) is 8.32 Å². The summed E-state index contributed by atoms with van der Waals surface area (Å²) >= 11 is 0. The predicted octanol–water partition coefficient (Wildman–Crippen LogP) is 4.63. The molecule has 0 aliphatic heterocycles. The molecular formula is C22H51N3OSi. The molecule has 0 N–H and O–H groups in total. The van der Waals surface area contributed by atoms with Crippen molar-refractivity contribution in [2.24, 2.45) is 5.41 Å². The van der Waals surface area contributed by atoms with Gasteiger partial charge in [0.2, 0.25) is 0 Å². The molecule has 0 fully saturated rings. The third kappa shape index (κ3) is 12.3. The Labute approximate surface area is 172 Å². The minimum Gasteiger partial charge on any atom is -0.418 e. The molecule has 0 bridgehead atoms. The van der Waals surface area contributed by atoms with E-state index in [0.29, 0.717) is 5.41 Å². The van der Waals surface area contributed by atoms with Crippen LogP contribution in [0.4, 0.5) is 0 Å². The first-order valence-electron chi connectivity index (χ1n) is 11.3. The molecule has 0 aliphatic rings. The maximum absolute atomic E-state index is 6.17. The second-order valence-electron chi connectivity index (χ2n) is 9.13. The highest BCUT2D eigenvalue weighted by Gasteiger charge is 2.34. The largest absolute Gasteiger partial charge is 0.418 e. The van der Waals surface area contributed by atoms with Crippen molar-refractivity contribution in [3.05, 3.63) is 0 Å². The molecule has 0 rings (SSSR count). The molecular weight excluding hydrogens is 350 g/mol. The minimum absolute atomic E-state index is 0.428. The van der Waals surface area contributed by atoms with Crippen molar-refractivity contribution < 1.29 is 4.43 Å². The van der Waals surface area contributed by atoms with Gasteiger partial charge in [0.1, 0.15) is 0 Å². The molecule has 0 atom stereocenters. The molecule has 0 saturated heterocycles. The average Bonchev–Trinajstić information content (AvgIpc) is 2.65. The maximum atomic E-state index is 6.17. The highest BCUT2D eigenvalue weighted by atomic mass is 28.4. The molecule has 0 saturated carbocycles. The summed E-state index contributed by atoms with van der Waals surface area (Å²) in [7, 11) is 5.24. The zero-order valence-corrected chi connectivity index (χ0v) is 21.2. The summed E-state index contributed by atoms with van der Waals surface area (Å²) < 4.78 is 6.17. The van der Waals surface area contributed by atoms with Gasteiger partial charge in [-0.15, -0.1) is 0 Å². The highest BCUT2D eigenvalue weighted by molar-refractivity contribution is 6.71. The van der Waals surface area contributed by atoms with Crippen molar-refractivity contribution in [2.45, 2.75) is 72.5 Å². The van der Waals surface area contributed by atoms with Crippen LogP contribution in [0.3, 0.4) is 0 Å².